The predicted molar refractivity (Wildman–Crippen MR) is 91.2 cm³/mol. The molecule has 1 aliphatic rings. The molecule has 2 aromatic carbocycles. The number of furan rings is 1. The summed E-state index contributed by atoms with van der Waals surface area (Å²) < 4.78 is 5.97. The molecule has 3 aromatic rings. The summed E-state index contributed by atoms with van der Waals surface area (Å²) in [6, 6.07) is 20.7. The van der Waals surface area contributed by atoms with Gasteiger partial charge in [0.05, 0.1) is 11.6 Å². The molecule has 1 heterocycles. The third kappa shape index (κ3) is 2.87. The Morgan fingerprint density at radius 1 is 1.04 bits per heavy atom. The van der Waals surface area contributed by atoms with Gasteiger partial charge >= 0.3 is 0 Å². The van der Waals surface area contributed by atoms with Crippen molar-refractivity contribution in [2.75, 3.05) is 0 Å². The third-order valence-electron chi connectivity index (χ3n) is 5.02. The Morgan fingerprint density at radius 3 is 2.65 bits per heavy atom. The van der Waals surface area contributed by atoms with Crippen LogP contribution in [0.15, 0.2) is 59.0 Å². The maximum absolute atomic E-state index is 8.90. The smallest absolute Gasteiger partial charge is 0.134 e. The van der Waals surface area contributed by atoms with Crippen LogP contribution in [0.1, 0.15) is 42.1 Å². The summed E-state index contributed by atoms with van der Waals surface area (Å²) in [6.45, 7) is 0. The van der Waals surface area contributed by atoms with Crippen LogP contribution in [0.5, 0.6) is 0 Å². The molecule has 0 N–H and O–H groups in total. The zero-order valence-corrected chi connectivity index (χ0v) is 13.0. The summed E-state index contributed by atoms with van der Waals surface area (Å²) in [5, 5.41) is 10.1. The van der Waals surface area contributed by atoms with Crippen molar-refractivity contribution in [3.8, 4) is 6.07 Å². The average Bonchev–Trinajstić information content (AvgIpc) is 3.21. The molecule has 1 aromatic heterocycles. The van der Waals surface area contributed by atoms with Crippen molar-refractivity contribution in [1.82, 2.24) is 0 Å². The van der Waals surface area contributed by atoms with Crippen LogP contribution < -0.4 is 0 Å². The van der Waals surface area contributed by atoms with E-state index in [9.17, 15) is 0 Å². The molecule has 0 amide bonds. The number of benzene rings is 2. The fourth-order valence-corrected chi connectivity index (χ4v) is 3.81. The molecular formula is C21H19NO. The maximum Gasteiger partial charge on any atom is 0.134 e. The molecule has 1 aliphatic carbocycles. The first-order chi connectivity index (χ1) is 11.3. The van der Waals surface area contributed by atoms with E-state index < -0.39 is 0 Å². The molecular weight excluding hydrogens is 282 g/mol. The number of hydrogen-bond donors (Lipinski definition) is 0. The van der Waals surface area contributed by atoms with Crippen LogP contribution in [0.25, 0.3) is 11.0 Å². The van der Waals surface area contributed by atoms with Crippen molar-refractivity contribution in [2.24, 2.45) is 5.92 Å². The van der Waals surface area contributed by atoms with Gasteiger partial charge in [0.1, 0.15) is 11.3 Å². The van der Waals surface area contributed by atoms with Crippen LogP contribution in [-0.4, -0.2) is 0 Å². The average molecular weight is 301 g/mol. The fourth-order valence-electron chi connectivity index (χ4n) is 3.81. The Labute approximate surface area is 136 Å². The van der Waals surface area contributed by atoms with Crippen molar-refractivity contribution < 1.29 is 4.42 Å². The Balaban J connectivity index is 1.44. The number of rotatable bonds is 3. The Hall–Kier alpha value is -2.53. The quantitative estimate of drug-likeness (QED) is 0.646. The molecule has 4 rings (SSSR count). The van der Waals surface area contributed by atoms with E-state index in [1.165, 1.54) is 30.2 Å². The number of hydrogen-bond acceptors (Lipinski definition) is 2. The molecule has 2 unspecified atom stereocenters. The lowest BCUT2D eigenvalue weighted by molar-refractivity contribution is 0.459. The second-order valence-electron chi connectivity index (χ2n) is 6.56. The zero-order valence-electron chi connectivity index (χ0n) is 13.0. The summed E-state index contributed by atoms with van der Waals surface area (Å²) in [5.41, 5.74) is 3.10. The van der Waals surface area contributed by atoms with Crippen molar-refractivity contribution in [2.45, 2.75) is 31.6 Å². The van der Waals surface area contributed by atoms with E-state index in [0.717, 1.165) is 23.3 Å². The lowest BCUT2D eigenvalue weighted by Crippen LogP contribution is -1.99. The zero-order chi connectivity index (χ0) is 15.6. The maximum atomic E-state index is 8.90. The molecule has 0 aliphatic heterocycles. The molecule has 2 atom stereocenters. The van der Waals surface area contributed by atoms with Gasteiger partial charge in [-0.2, -0.15) is 5.26 Å². The van der Waals surface area contributed by atoms with E-state index >= 15 is 0 Å². The molecule has 2 nitrogen and oxygen atoms in total. The van der Waals surface area contributed by atoms with Crippen molar-refractivity contribution >= 4 is 11.0 Å². The summed E-state index contributed by atoms with van der Waals surface area (Å²) >= 11 is 0. The van der Waals surface area contributed by atoms with E-state index in [1.807, 2.05) is 24.3 Å². The van der Waals surface area contributed by atoms with E-state index in [0.29, 0.717) is 11.8 Å². The van der Waals surface area contributed by atoms with Gasteiger partial charge in [-0.3, -0.25) is 0 Å². The Morgan fingerprint density at radius 2 is 1.87 bits per heavy atom. The minimum atomic E-state index is 0.622. The number of nitrogens with zero attached hydrogens (tertiary/aromatic N) is 1. The topological polar surface area (TPSA) is 36.9 Å². The van der Waals surface area contributed by atoms with Gasteiger partial charge in [-0.1, -0.05) is 30.3 Å². The number of fused-ring (bicyclic) bond motifs is 1. The van der Waals surface area contributed by atoms with E-state index in [2.05, 4.69) is 36.4 Å². The SMILES string of the molecule is N#Cc1ccc(C2CCC(Cc3cc4ccccc4o3)C2)cc1. The summed E-state index contributed by atoms with van der Waals surface area (Å²) in [4.78, 5) is 0. The summed E-state index contributed by atoms with van der Waals surface area (Å²) in [5.74, 6) is 2.42. The first kappa shape index (κ1) is 14.1. The highest BCUT2D eigenvalue weighted by Gasteiger charge is 2.26. The molecule has 2 heteroatoms. The summed E-state index contributed by atoms with van der Waals surface area (Å²) in [7, 11) is 0. The van der Waals surface area contributed by atoms with Gasteiger partial charge in [0.25, 0.3) is 0 Å². The van der Waals surface area contributed by atoms with Crippen LogP contribution in [0.4, 0.5) is 0 Å². The molecule has 23 heavy (non-hydrogen) atoms. The standard InChI is InChI=1S/C21H19NO/c22-14-15-5-8-17(9-6-15)18-10-7-16(11-18)12-20-13-19-3-1-2-4-21(19)23-20/h1-6,8-9,13,16,18H,7,10-12H2. The highest BCUT2D eigenvalue weighted by Crippen LogP contribution is 2.40. The minimum Gasteiger partial charge on any atom is -0.461 e. The molecule has 0 saturated heterocycles. The van der Waals surface area contributed by atoms with Crippen LogP contribution in [-0.2, 0) is 6.42 Å². The lowest BCUT2D eigenvalue weighted by atomic mass is 9.94. The van der Waals surface area contributed by atoms with Crippen molar-refractivity contribution in [1.29, 1.82) is 5.26 Å². The first-order valence-electron chi connectivity index (χ1n) is 8.29. The highest BCUT2D eigenvalue weighted by molar-refractivity contribution is 5.77. The van der Waals surface area contributed by atoms with Gasteiger partial charge in [0.15, 0.2) is 0 Å². The van der Waals surface area contributed by atoms with Crippen LogP contribution in [0.2, 0.25) is 0 Å². The normalized spacial score (nSPS) is 20.7. The van der Waals surface area contributed by atoms with E-state index in [1.54, 1.807) is 0 Å². The Bertz CT molecular complexity index is 820. The van der Waals surface area contributed by atoms with Crippen LogP contribution in [0.3, 0.4) is 0 Å². The second kappa shape index (κ2) is 5.93. The second-order valence-corrected chi connectivity index (χ2v) is 6.56. The van der Waals surface area contributed by atoms with Gasteiger partial charge in [-0.25, -0.2) is 0 Å². The highest BCUT2D eigenvalue weighted by atomic mass is 16.3. The van der Waals surface area contributed by atoms with Crippen LogP contribution in [0, 0.1) is 17.2 Å². The predicted octanol–water partition coefficient (Wildman–Crippen LogP) is 5.43. The molecule has 1 fully saturated rings. The molecule has 114 valence electrons. The van der Waals surface area contributed by atoms with E-state index in [4.69, 9.17) is 9.68 Å². The third-order valence-corrected chi connectivity index (χ3v) is 5.02. The van der Waals surface area contributed by atoms with Gasteiger partial charge in [0, 0.05) is 11.8 Å². The van der Waals surface area contributed by atoms with Gasteiger partial charge < -0.3 is 4.42 Å². The number of nitriles is 1. The first-order valence-corrected chi connectivity index (χ1v) is 8.29. The Kier molecular flexibility index (Phi) is 3.63. The monoisotopic (exact) mass is 301 g/mol. The van der Waals surface area contributed by atoms with Crippen LogP contribution >= 0.6 is 0 Å². The van der Waals surface area contributed by atoms with Crippen molar-refractivity contribution in [3.05, 3.63) is 71.5 Å². The number of para-hydroxylation sites is 1. The van der Waals surface area contributed by atoms with E-state index in [-0.39, 0.29) is 0 Å². The molecule has 0 spiro atoms. The lowest BCUT2D eigenvalue weighted by Gasteiger charge is -2.11. The minimum absolute atomic E-state index is 0.622. The molecule has 0 radical (unpaired) electrons. The largest absolute Gasteiger partial charge is 0.461 e. The van der Waals surface area contributed by atoms with Gasteiger partial charge in [0.2, 0.25) is 0 Å². The van der Waals surface area contributed by atoms with Gasteiger partial charge in [-0.15, -0.1) is 0 Å². The van der Waals surface area contributed by atoms with Gasteiger partial charge in [-0.05, 0) is 60.9 Å². The molecule has 0 bridgehead atoms. The summed E-state index contributed by atoms with van der Waals surface area (Å²) in [6.07, 6.45) is 4.73. The molecule has 1 saturated carbocycles. The van der Waals surface area contributed by atoms with Crippen molar-refractivity contribution in [3.63, 3.8) is 0 Å². The fraction of sp³-hybridized carbons (Fsp3) is 0.286.